The first-order chi connectivity index (χ1) is 57.0. The smallest absolute Gasteiger partial charge is 0.309 e. The molecule has 116 heavy (non-hydrogen) atoms. The zero-order valence-corrected chi connectivity index (χ0v) is 61.3. The van der Waals surface area contributed by atoms with Crippen LogP contribution >= 0.6 is 0 Å². The highest BCUT2D eigenvalue weighted by Gasteiger charge is 2.35. The van der Waals surface area contributed by atoms with Gasteiger partial charge in [0.15, 0.2) is 69.9 Å². The Morgan fingerprint density at radius 2 is 0.422 bits per heavy atom. The highest BCUT2D eigenvalue weighted by Crippen LogP contribution is 2.48. The Bertz CT molecular complexity index is 6240. The van der Waals surface area contributed by atoms with E-state index >= 15 is 13.2 Å². The topological polar surface area (TPSA) is 188 Å². The third kappa shape index (κ3) is 13.0. The predicted octanol–water partition coefficient (Wildman–Crippen LogP) is 23.2. The van der Waals surface area contributed by atoms with Gasteiger partial charge in [-0.05, 0) is 103 Å². The minimum absolute atomic E-state index is 0.142. The monoisotopic (exact) mass is 1500 g/mol. The first-order valence-electron chi connectivity index (χ1n) is 37.5. The Morgan fingerprint density at radius 3 is 0.629 bits per heavy atom. The van der Waals surface area contributed by atoms with Crippen molar-refractivity contribution in [2.24, 2.45) is 0 Å². The van der Waals surface area contributed by atoms with Gasteiger partial charge < -0.3 is 9.13 Å². The standard InChI is InChI=1S/C98H58F3N15/c99-98(100,101)74-57-83(115-79-48-44-70(94-107-86(61-27-9-1-10-28-61)103-87(108-94)62-29-11-2-12-30-62)53-75(79)76-54-71(45-49-80(76)115)95-109-88(63-31-13-3-14-32-63)104-89(110-95)64-33-15-4-16-34-64)85(69-43-25-26-60(52-69)59-102)84(58-74)116-81-50-46-72(96-111-90(65-35-17-5-18-36-65)105-91(112-96)66-37-19-6-20-38-66)55-77(81)78-56-73(47-51-82(78)116)97-113-92(67-39-21-7-22-40-67)106-93(114-97)68-41-23-8-24-42-68/h1-58H. The number of hydrogen-bond acceptors (Lipinski definition) is 13. The fourth-order valence-electron chi connectivity index (χ4n) is 15.0. The number of nitriles is 1. The van der Waals surface area contributed by atoms with Gasteiger partial charge in [0.05, 0.1) is 50.6 Å². The molecule has 14 aromatic carbocycles. The van der Waals surface area contributed by atoms with Crippen molar-refractivity contribution < 1.29 is 13.2 Å². The Hall–Kier alpha value is -16.0. The summed E-state index contributed by atoms with van der Waals surface area (Å²) in [7, 11) is 0. The van der Waals surface area contributed by atoms with Crippen molar-refractivity contribution >= 4 is 43.6 Å². The number of rotatable bonds is 15. The first-order valence-corrected chi connectivity index (χ1v) is 37.5. The lowest BCUT2D eigenvalue weighted by Crippen LogP contribution is -2.11. The number of nitrogens with zero attached hydrogens (tertiary/aromatic N) is 15. The summed E-state index contributed by atoms with van der Waals surface area (Å²) in [5.41, 5.74) is 11.1. The normalized spacial score (nSPS) is 11.6. The van der Waals surface area contributed by atoms with Gasteiger partial charge in [0.25, 0.3) is 0 Å². The molecule has 0 aliphatic heterocycles. The predicted molar refractivity (Wildman–Crippen MR) is 449 cm³/mol. The number of benzene rings is 14. The second-order valence-corrected chi connectivity index (χ2v) is 27.8. The lowest BCUT2D eigenvalue weighted by Gasteiger charge is -2.23. The molecule has 0 aliphatic rings. The van der Waals surface area contributed by atoms with Crippen LogP contribution in [0.1, 0.15) is 11.1 Å². The first kappa shape index (κ1) is 69.2. The average Bonchev–Trinajstić information content (AvgIpc) is 1.55. The van der Waals surface area contributed by atoms with Crippen LogP contribution in [0.25, 0.3) is 203 Å². The van der Waals surface area contributed by atoms with Gasteiger partial charge in [0.1, 0.15) is 0 Å². The maximum Gasteiger partial charge on any atom is 0.416 e. The van der Waals surface area contributed by atoms with Crippen molar-refractivity contribution in [3.8, 4) is 165 Å². The Kier molecular flexibility index (Phi) is 17.3. The van der Waals surface area contributed by atoms with E-state index in [1.54, 1.807) is 18.2 Å². The van der Waals surface area contributed by atoms with E-state index in [2.05, 4.69) is 6.07 Å². The van der Waals surface area contributed by atoms with Gasteiger partial charge in [-0.1, -0.05) is 255 Å². The van der Waals surface area contributed by atoms with Crippen molar-refractivity contribution in [2.45, 2.75) is 6.18 Å². The number of alkyl halides is 3. The van der Waals surface area contributed by atoms with Crippen LogP contribution in [0, 0.1) is 11.3 Å². The van der Waals surface area contributed by atoms with Gasteiger partial charge in [-0.2, -0.15) is 18.4 Å². The van der Waals surface area contributed by atoms with Crippen LogP contribution in [-0.2, 0) is 6.18 Å². The lowest BCUT2D eigenvalue weighted by atomic mass is 9.96. The molecule has 20 rings (SSSR count). The Labute approximate surface area is 661 Å². The van der Waals surface area contributed by atoms with Crippen molar-refractivity contribution in [3.63, 3.8) is 0 Å². The summed E-state index contributed by atoms with van der Waals surface area (Å²) in [4.78, 5) is 61.5. The van der Waals surface area contributed by atoms with Crippen LogP contribution in [0.3, 0.4) is 0 Å². The molecule has 546 valence electrons. The Balaban J connectivity index is 0.876. The third-order valence-electron chi connectivity index (χ3n) is 20.5. The molecule has 0 aliphatic carbocycles. The van der Waals surface area contributed by atoms with E-state index < -0.39 is 11.7 Å². The van der Waals surface area contributed by atoms with Gasteiger partial charge in [-0.25, -0.2) is 59.8 Å². The summed E-state index contributed by atoms with van der Waals surface area (Å²) in [6, 6.07) is 112. The molecule has 6 heterocycles. The minimum atomic E-state index is -4.96. The molecule has 18 heteroatoms. The molecule has 0 N–H and O–H groups in total. The molecule has 20 aromatic rings. The van der Waals surface area contributed by atoms with E-state index in [0.717, 1.165) is 44.5 Å². The van der Waals surface area contributed by atoms with Gasteiger partial charge in [0.2, 0.25) is 0 Å². The molecule has 0 bridgehead atoms. The molecule has 0 radical (unpaired) electrons. The summed E-state index contributed by atoms with van der Waals surface area (Å²) in [5.74, 6) is 4.95. The summed E-state index contributed by atoms with van der Waals surface area (Å²) in [5, 5.41) is 13.4. The highest BCUT2D eigenvalue weighted by molar-refractivity contribution is 6.14. The van der Waals surface area contributed by atoms with E-state index in [0.29, 0.717) is 147 Å². The van der Waals surface area contributed by atoms with Crippen molar-refractivity contribution in [3.05, 3.63) is 363 Å². The summed E-state index contributed by atoms with van der Waals surface area (Å²) < 4.78 is 54.8. The fourth-order valence-corrected chi connectivity index (χ4v) is 15.0. The SMILES string of the molecule is N#Cc1cccc(-c2c(-n3c4ccc(-c5nc(-c6ccccc6)nc(-c6ccccc6)n5)cc4c4cc(-c5nc(-c6ccccc6)nc(-c6ccccc6)n5)ccc43)cc(C(F)(F)F)cc2-n2c3ccc(-c4nc(-c5ccccc5)nc(-c5ccccc5)n4)cc3c3cc(-c4nc(-c5ccccc5)nc(-c5ccccc5)n4)ccc32)c1. The maximum atomic E-state index is 17.0. The number of fused-ring (bicyclic) bond motifs is 6. The van der Waals surface area contributed by atoms with E-state index in [1.165, 1.54) is 12.1 Å². The molecule has 0 fully saturated rings. The van der Waals surface area contributed by atoms with Gasteiger partial charge >= 0.3 is 6.18 Å². The van der Waals surface area contributed by atoms with Gasteiger partial charge in [0, 0.05) is 93.9 Å². The third-order valence-corrected chi connectivity index (χ3v) is 20.5. The van der Waals surface area contributed by atoms with Crippen LogP contribution in [0.4, 0.5) is 13.2 Å². The molecule has 0 saturated heterocycles. The fraction of sp³-hybridized carbons (Fsp3) is 0.0102. The second-order valence-electron chi connectivity index (χ2n) is 27.8. The van der Waals surface area contributed by atoms with E-state index in [-0.39, 0.29) is 16.9 Å². The molecule has 0 saturated carbocycles. The van der Waals surface area contributed by atoms with Crippen molar-refractivity contribution in [1.29, 1.82) is 5.26 Å². The second kappa shape index (κ2) is 29.0. The van der Waals surface area contributed by atoms with E-state index in [4.69, 9.17) is 59.8 Å². The van der Waals surface area contributed by atoms with Crippen LogP contribution < -0.4 is 0 Å². The molecule has 0 spiro atoms. The molecule has 15 nitrogen and oxygen atoms in total. The van der Waals surface area contributed by atoms with Crippen LogP contribution in [-0.4, -0.2) is 68.9 Å². The average molecular weight is 1500 g/mol. The summed E-state index contributed by atoms with van der Waals surface area (Å²) in [6.07, 6.45) is -4.96. The molecule has 0 atom stereocenters. The highest BCUT2D eigenvalue weighted by atomic mass is 19.4. The van der Waals surface area contributed by atoms with Crippen molar-refractivity contribution in [2.75, 3.05) is 0 Å². The molecule has 6 aromatic heterocycles. The van der Waals surface area contributed by atoms with E-state index in [1.807, 2.05) is 331 Å². The maximum absolute atomic E-state index is 17.0. The molecular weight excluding hydrogens is 1440 g/mol. The van der Waals surface area contributed by atoms with E-state index in [9.17, 15) is 5.26 Å². The number of hydrogen-bond donors (Lipinski definition) is 0. The summed E-state index contributed by atoms with van der Waals surface area (Å²) in [6.45, 7) is 0. The summed E-state index contributed by atoms with van der Waals surface area (Å²) >= 11 is 0. The molecular formula is C98H58F3N15. The molecule has 0 amide bonds. The lowest BCUT2D eigenvalue weighted by molar-refractivity contribution is -0.137. The number of halogens is 3. The largest absolute Gasteiger partial charge is 0.416 e. The Morgan fingerprint density at radius 1 is 0.216 bits per heavy atom. The zero-order chi connectivity index (χ0) is 77.8. The van der Waals surface area contributed by atoms with Crippen LogP contribution in [0.5, 0.6) is 0 Å². The zero-order valence-electron chi connectivity index (χ0n) is 61.3. The van der Waals surface area contributed by atoms with Crippen molar-refractivity contribution in [1.82, 2.24) is 68.9 Å². The quantitative estimate of drug-likeness (QED) is 0.0944. The van der Waals surface area contributed by atoms with Crippen LogP contribution in [0.15, 0.2) is 352 Å². The number of aromatic nitrogens is 14. The van der Waals surface area contributed by atoms with Gasteiger partial charge in [-0.3, -0.25) is 0 Å². The minimum Gasteiger partial charge on any atom is -0.309 e. The van der Waals surface area contributed by atoms with Crippen LogP contribution in [0.2, 0.25) is 0 Å². The molecule has 0 unspecified atom stereocenters. The van der Waals surface area contributed by atoms with Gasteiger partial charge in [-0.15, -0.1) is 0 Å².